The molecule has 1 amide bonds. The van der Waals surface area contributed by atoms with E-state index in [9.17, 15) is 4.79 Å². The molecule has 5 nitrogen and oxygen atoms in total. The Balaban J connectivity index is 3.06. The summed E-state index contributed by atoms with van der Waals surface area (Å²) in [7, 11) is 4.03. The number of hydrogen-bond donors (Lipinski definition) is 1. The van der Waals surface area contributed by atoms with Crippen LogP contribution in [0.25, 0.3) is 0 Å². The van der Waals surface area contributed by atoms with Gasteiger partial charge in [-0.1, -0.05) is 0 Å². The second kappa shape index (κ2) is 8.34. The molecule has 0 saturated carbocycles. The fraction of sp³-hybridized carbons (Fsp3) is 0.600. The monoisotopic (exact) mass is 356 g/mol. The Morgan fingerprint density at radius 3 is 2.62 bits per heavy atom. The summed E-state index contributed by atoms with van der Waals surface area (Å²) in [5.41, 5.74) is 0.610. The molecular weight excluding hydrogens is 332 g/mol. The molecule has 0 spiro atoms. The van der Waals surface area contributed by atoms with Crippen molar-refractivity contribution in [2.24, 2.45) is 0 Å². The zero-order chi connectivity index (χ0) is 16.0. The molecular formula is C15H25BrN4O. The maximum Gasteiger partial charge on any atom is 0.257 e. The van der Waals surface area contributed by atoms with E-state index in [4.69, 9.17) is 0 Å². The van der Waals surface area contributed by atoms with Crippen LogP contribution in [-0.2, 0) is 0 Å². The van der Waals surface area contributed by atoms with Gasteiger partial charge in [-0.3, -0.25) is 4.79 Å². The number of likely N-dealkylation sites (N-methyl/N-ethyl adjacent to an activating group) is 2. The lowest BCUT2D eigenvalue weighted by molar-refractivity contribution is 0.0679. The number of nitrogens with zero attached hydrogens (tertiary/aromatic N) is 3. The molecule has 0 fully saturated rings. The number of anilines is 1. The van der Waals surface area contributed by atoms with Gasteiger partial charge in [-0.15, -0.1) is 0 Å². The third kappa shape index (κ3) is 4.97. The molecule has 0 saturated heterocycles. The van der Waals surface area contributed by atoms with Crippen molar-refractivity contribution >= 4 is 27.7 Å². The van der Waals surface area contributed by atoms with Crippen molar-refractivity contribution < 1.29 is 4.79 Å². The lowest BCUT2D eigenvalue weighted by Gasteiger charge is -2.30. The van der Waals surface area contributed by atoms with Crippen LogP contribution in [0.2, 0.25) is 0 Å². The highest BCUT2D eigenvalue weighted by molar-refractivity contribution is 9.10. The summed E-state index contributed by atoms with van der Waals surface area (Å²) >= 11 is 3.39. The average Bonchev–Trinajstić information content (AvgIpc) is 2.40. The Hall–Kier alpha value is -1.14. The summed E-state index contributed by atoms with van der Waals surface area (Å²) in [4.78, 5) is 21.1. The van der Waals surface area contributed by atoms with E-state index in [1.54, 1.807) is 6.20 Å². The zero-order valence-electron chi connectivity index (χ0n) is 13.5. The van der Waals surface area contributed by atoms with E-state index < -0.39 is 0 Å². The number of carbonyl (C=O) groups is 1. The lowest BCUT2D eigenvalue weighted by Crippen LogP contribution is -2.44. The molecule has 0 aliphatic rings. The Labute approximate surface area is 135 Å². The van der Waals surface area contributed by atoms with Gasteiger partial charge in [0.05, 0.1) is 5.56 Å². The molecule has 0 aliphatic heterocycles. The fourth-order valence-electron chi connectivity index (χ4n) is 2.35. The average molecular weight is 357 g/mol. The molecule has 1 unspecified atom stereocenters. The van der Waals surface area contributed by atoms with Crippen LogP contribution >= 0.6 is 15.9 Å². The fourth-order valence-corrected chi connectivity index (χ4v) is 2.68. The highest BCUT2D eigenvalue weighted by Crippen LogP contribution is 2.21. The standard InChI is InChI=1S/C15H25BrN4O/c1-6-17-14-13(8-12(16)9-18-14)15(21)20(7-2)11(3)10-19(4)5/h8-9,11H,6-7,10H2,1-5H3,(H,17,18). The largest absolute Gasteiger partial charge is 0.370 e. The van der Waals surface area contributed by atoms with E-state index in [0.29, 0.717) is 17.9 Å². The van der Waals surface area contributed by atoms with Gasteiger partial charge in [0.1, 0.15) is 5.82 Å². The second-order valence-corrected chi connectivity index (χ2v) is 6.20. The second-order valence-electron chi connectivity index (χ2n) is 5.28. The van der Waals surface area contributed by atoms with Crippen molar-refractivity contribution in [3.05, 3.63) is 22.3 Å². The normalized spacial score (nSPS) is 12.3. The van der Waals surface area contributed by atoms with Crippen molar-refractivity contribution in [3.8, 4) is 0 Å². The van der Waals surface area contributed by atoms with Crippen LogP contribution in [0.1, 0.15) is 31.1 Å². The Morgan fingerprint density at radius 1 is 1.43 bits per heavy atom. The molecule has 21 heavy (non-hydrogen) atoms. The van der Waals surface area contributed by atoms with Crippen LogP contribution in [0.5, 0.6) is 0 Å². The molecule has 0 bridgehead atoms. The maximum atomic E-state index is 12.9. The molecule has 1 atom stereocenters. The van der Waals surface area contributed by atoms with Crippen molar-refractivity contribution in [3.63, 3.8) is 0 Å². The van der Waals surface area contributed by atoms with Gasteiger partial charge in [0.2, 0.25) is 0 Å². The number of amides is 1. The summed E-state index contributed by atoms with van der Waals surface area (Å²) < 4.78 is 0.809. The van der Waals surface area contributed by atoms with Crippen LogP contribution in [0.15, 0.2) is 16.7 Å². The van der Waals surface area contributed by atoms with E-state index in [1.807, 2.05) is 38.9 Å². The summed E-state index contributed by atoms with van der Waals surface area (Å²) in [6.45, 7) is 8.30. The van der Waals surface area contributed by atoms with Crippen molar-refractivity contribution in [1.82, 2.24) is 14.8 Å². The first-order chi connectivity index (χ1) is 9.90. The molecule has 1 aromatic heterocycles. The number of halogens is 1. The predicted molar refractivity (Wildman–Crippen MR) is 90.8 cm³/mol. The summed E-state index contributed by atoms with van der Waals surface area (Å²) in [6, 6.07) is 1.98. The van der Waals surface area contributed by atoms with Crippen LogP contribution in [-0.4, -0.2) is 60.5 Å². The predicted octanol–water partition coefficient (Wildman–Crippen LogP) is 2.69. The number of pyridine rings is 1. The van der Waals surface area contributed by atoms with Gasteiger partial charge in [-0.05, 0) is 56.9 Å². The van der Waals surface area contributed by atoms with E-state index in [1.165, 1.54) is 0 Å². The van der Waals surface area contributed by atoms with E-state index in [-0.39, 0.29) is 11.9 Å². The topological polar surface area (TPSA) is 48.5 Å². The molecule has 0 aliphatic carbocycles. The van der Waals surface area contributed by atoms with E-state index in [0.717, 1.165) is 17.6 Å². The first-order valence-corrected chi connectivity index (χ1v) is 8.05. The van der Waals surface area contributed by atoms with Crippen molar-refractivity contribution in [2.45, 2.75) is 26.8 Å². The Morgan fingerprint density at radius 2 is 2.10 bits per heavy atom. The third-order valence-corrected chi connectivity index (χ3v) is 3.63. The van der Waals surface area contributed by atoms with Gasteiger partial charge in [0.15, 0.2) is 0 Å². The first kappa shape index (κ1) is 17.9. The van der Waals surface area contributed by atoms with Gasteiger partial charge in [-0.25, -0.2) is 4.98 Å². The molecule has 0 aromatic carbocycles. The van der Waals surface area contributed by atoms with Gasteiger partial charge < -0.3 is 15.1 Å². The van der Waals surface area contributed by atoms with Gasteiger partial charge >= 0.3 is 0 Å². The number of rotatable bonds is 7. The van der Waals surface area contributed by atoms with Crippen LogP contribution in [0.3, 0.4) is 0 Å². The van der Waals surface area contributed by atoms with Crippen LogP contribution in [0.4, 0.5) is 5.82 Å². The number of nitrogens with one attached hydrogen (secondary N) is 1. The summed E-state index contributed by atoms with van der Waals surface area (Å²) in [6.07, 6.45) is 1.70. The maximum absolute atomic E-state index is 12.9. The minimum absolute atomic E-state index is 0.0107. The van der Waals surface area contributed by atoms with Crippen molar-refractivity contribution in [2.75, 3.05) is 39.0 Å². The molecule has 1 aromatic rings. The van der Waals surface area contributed by atoms with E-state index in [2.05, 4.69) is 38.1 Å². The van der Waals surface area contributed by atoms with Gasteiger partial charge in [0.25, 0.3) is 5.91 Å². The first-order valence-electron chi connectivity index (χ1n) is 7.25. The lowest BCUT2D eigenvalue weighted by atomic mass is 10.1. The minimum atomic E-state index is 0.0107. The quantitative estimate of drug-likeness (QED) is 0.815. The summed E-state index contributed by atoms with van der Waals surface area (Å²) in [5.74, 6) is 0.651. The molecule has 6 heteroatoms. The van der Waals surface area contributed by atoms with E-state index >= 15 is 0 Å². The van der Waals surface area contributed by atoms with Crippen LogP contribution in [0, 0.1) is 0 Å². The van der Waals surface area contributed by atoms with Gasteiger partial charge in [-0.2, -0.15) is 0 Å². The van der Waals surface area contributed by atoms with Crippen molar-refractivity contribution in [1.29, 1.82) is 0 Å². The molecule has 0 radical (unpaired) electrons. The molecule has 1 N–H and O–H groups in total. The SMILES string of the molecule is CCNc1ncc(Br)cc1C(=O)N(CC)C(C)CN(C)C. The smallest absolute Gasteiger partial charge is 0.257 e. The Bertz CT molecular complexity index is 479. The number of carbonyl (C=O) groups excluding carboxylic acids is 1. The molecule has 1 rings (SSSR count). The molecule has 1 heterocycles. The van der Waals surface area contributed by atoms with Gasteiger partial charge in [0, 0.05) is 36.3 Å². The highest BCUT2D eigenvalue weighted by Gasteiger charge is 2.23. The number of aromatic nitrogens is 1. The molecule has 118 valence electrons. The minimum Gasteiger partial charge on any atom is -0.370 e. The zero-order valence-corrected chi connectivity index (χ0v) is 15.1. The number of hydrogen-bond acceptors (Lipinski definition) is 4. The Kier molecular flexibility index (Phi) is 7.11. The summed E-state index contributed by atoms with van der Waals surface area (Å²) in [5, 5.41) is 3.15. The third-order valence-electron chi connectivity index (χ3n) is 3.19. The van der Waals surface area contributed by atoms with Crippen LogP contribution < -0.4 is 5.32 Å². The highest BCUT2D eigenvalue weighted by atomic mass is 79.9.